The molecule has 19 heavy (non-hydrogen) atoms. The molecule has 0 atom stereocenters. The first kappa shape index (κ1) is 13.0. The molecular formula is C12H14N4O3. The molecule has 1 amide bonds. The molecule has 0 unspecified atom stereocenters. The number of nitrogens with one attached hydrogen (secondary N) is 4. The van der Waals surface area contributed by atoms with Crippen molar-refractivity contribution in [2.24, 2.45) is 0 Å². The molecule has 7 heteroatoms. The van der Waals surface area contributed by atoms with Crippen LogP contribution in [0.2, 0.25) is 0 Å². The molecule has 0 fully saturated rings. The minimum Gasteiger partial charge on any atom is -0.326 e. The molecule has 0 saturated carbocycles. The first-order valence-corrected chi connectivity index (χ1v) is 5.81. The van der Waals surface area contributed by atoms with Gasteiger partial charge in [-0.15, -0.1) is 0 Å². The maximum atomic E-state index is 11.5. The Labute approximate surface area is 108 Å². The summed E-state index contributed by atoms with van der Waals surface area (Å²) in [7, 11) is 1.77. The van der Waals surface area contributed by atoms with Gasteiger partial charge < -0.3 is 20.6 Å². The summed E-state index contributed by atoms with van der Waals surface area (Å²) in [5.41, 5.74) is 0.134. The summed E-state index contributed by atoms with van der Waals surface area (Å²) in [6.45, 7) is 0.587. The topological polar surface area (TPSA) is 107 Å². The summed E-state index contributed by atoms with van der Waals surface area (Å²) in [5, 5.41) is 5.59. The quantitative estimate of drug-likeness (QED) is 0.571. The molecule has 0 aliphatic rings. The van der Waals surface area contributed by atoms with E-state index in [0.717, 1.165) is 0 Å². The average molecular weight is 262 g/mol. The smallest absolute Gasteiger partial charge is 0.314 e. The van der Waals surface area contributed by atoms with E-state index in [1.165, 1.54) is 0 Å². The maximum Gasteiger partial charge on any atom is 0.314 e. The van der Waals surface area contributed by atoms with Crippen molar-refractivity contribution >= 4 is 22.6 Å². The molecule has 0 radical (unpaired) electrons. The number of hydrogen-bond donors (Lipinski definition) is 4. The fraction of sp³-hybridized carbons (Fsp3) is 0.250. The number of benzene rings is 1. The SMILES string of the molecule is CNCCC(=O)Nc1ccc2[nH]c(=O)c(=O)[nH]c2c1. The summed E-state index contributed by atoms with van der Waals surface area (Å²) < 4.78 is 0. The Balaban J connectivity index is 2.26. The van der Waals surface area contributed by atoms with Crippen molar-refractivity contribution in [2.75, 3.05) is 18.9 Å². The number of carbonyl (C=O) groups excluding carboxylic acids is 1. The zero-order valence-electron chi connectivity index (χ0n) is 10.4. The van der Waals surface area contributed by atoms with Crippen LogP contribution in [0.5, 0.6) is 0 Å². The van der Waals surface area contributed by atoms with Crippen molar-refractivity contribution in [3.8, 4) is 0 Å². The summed E-state index contributed by atoms with van der Waals surface area (Å²) >= 11 is 0. The number of aromatic amines is 2. The average Bonchev–Trinajstić information content (AvgIpc) is 2.38. The zero-order chi connectivity index (χ0) is 13.8. The molecule has 0 spiro atoms. The summed E-state index contributed by atoms with van der Waals surface area (Å²) in [4.78, 5) is 38.8. The van der Waals surface area contributed by atoms with Gasteiger partial charge in [-0.3, -0.25) is 14.4 Å². The number of carbonyl (C=O) groups is 1. The predicted molar refractivity (Wildman–Crippen MR) is 72.4 cm³/mol. The van der Waals surface area contributed by atoms with Crippen molar-refractivity contribution in [1.82, 2.24) is 15.3 Å². The number of aromatic nitrogens is 2. The van der Waals surface area contributed by atoms with Crippen LogP contribution in [0, 0.1) is 0 Å². The van der Waals surface area contributed by atoms with Crippen LogP contribution in [0.15, 0.2) is 27.8 Å². The fourth-order valence-corrected chi connectivity index (χ4v) is 1.65. The monoisotopic (exact) mass is 262 g/mol. The highest BCUT2D eigenvalue weighted by molar-refractivity contribution is 5.92. The lowest BCUT2D eigenvalue weighted by Crippen LogP contribution is -2.28. The van der Waals surface area contributed by atoms with E-state index in [0.29, 0.717) is 29.7 Å². The molecule has 0 saturated heterocycles. The fourth-order valence-electron chi connectivity index (χ4n) is 1.65. The number of H-pyrrole nitrogens is 2. The molecule has 0 bridgehead atoms. The van der Waals surface area contributed by atoms with E-state index in [1.54, 1.807) is 25.2 Å². The molecule has 1 heterocycles. The van der Waals surface area contributed by atoms with Crippen LogP contribution >= 0.6 is 0 Å². The van der Waals surface area contributed by atoms with Gasteiger partial charge in [0.15, 0.2) is 0 Å². The molecule has 2 rings (SSSR count). The largest absolute Gasteiger partial charge is 0.326 e. The van der Waals surface area contributed by atoms with Crippen LogP contribution in [-0.4, -0.2) is 29.5 Å². The molecule has 1 aromatic heterocycles. The summed E-state index contributed by atoms with van der Waals surface area (Å²) in [6, 6.07) is 4.89. The van der Waals surface area contributed by atoms with Crippen LogP contribution in [-0.2, 0) is 4.79 Å². The third-order valence-electron chi connectivity index (χ3n) is 2.61. The van der Waals surface area contributed by atoms with E-state index in [-0.39, 0.29) is 5.91 Å². The number of anilines is 1. The van der Waals surface area contributed by atoms with Crippen LogP contribution in [0.4, 0.5) is 5.69 Å². The van der Waals surface area contributed by atoms with Gasteiger partial charge in [0.25, 0.3) is 0 Å². The van der Waals surface area contributed by atoms with Crippen LogP contribution < -0.4 is 21.8 Å². The second-order valence-corrected chi connectivity index (χ2v) is 4.07. The van der Waals surface area contributed by atoms with Gasteiger partial charge in [-0.25, -0.2) is 0 Å². The molecule has 4 N–H and O–H groups in total. The Hall–Kier alpha value is -2.41. The van der Waals surface area contributed by atoms with Gasteiger partial charge in [-0.05, 0) is 25.2 Å². The molecule has 7 nitrogen and oxygen atoms in total. The van der Waals surface area contributed by atoms with E-state index >= 15 is 0 Å². The van der Waals surface area contributed by atoms with Gasteiger partial charge >= 0.3 is 11.1 Å². The predicted octanol–water partition coefficient (Wildman–Crippen LogP) is -0.236. The third kappa shape index (κ3) is 3.08. The van der Waals surface area contributed by atoms with Crippen LogP contribution in [0.25, 0.3) is 11.0 Å². The zero-order valence-corrected chi connectivity index (χ0v) is 10.4. The molecule has 2 aromatic rings. The first-order valence-electron chi connectivity index (χ1n) is 5.81. The third-order valence-corrected chi connectivity index (χ3v) is 2.61. The van der Waals surface area contributed by atoms with Crippen molar-refractivity contribution < 1.29 is 4.79 Å². The Morgan fingerprint density at radius 2 is 1.84 bits per heavy atom. The van der Waals surface area contributed by atoms with Gasteiger partial charge in [0, 0.05) is 18.7 Å². The molecule has 0 aliphatic heterocycles. The Morgan fingerprint density at radius 1 is 1.16 bits per heavy atom. The molecule has 1 aromatic carbocycles. The number of rotatable bonds is 4. The summed E-state index contributed by atoms with van der Waals surface area (Å²) in [6.07, 6.45) is 0.358. The summed E-state index contributed by atoms with van der Waals surface area (Å²) in [5.74, 6) is -0.125. The van der Waals surface area contributed by atoms with Gasteiger partial charge in [0.2, 0.25) is 5.91 Å². The van der Waals surface area contributed by atoms with E-state index in [1.807, 2.05) is 0 Å². The van der Waals surface area contributed by atoms with Crippen molar-refractivity contribution in [3.05, 3.63) is 38.9 Å². The van der Waals surface area contributed by atoms with Gasteiger partial charge in [0.05, 0.1) is 11.0 Å². The van der Waals surface area contributed by atoms with Crippen LogP contribution in [0.1, 0.15) is 6.42 Å². The van der Waals surface area contributed by atoms with Gasteiger partial charge in [-0.1, -0.05) is 0 Å². The Morgan fingerprint density at radius 3 is 2.53 bits per heavy atom. The molecule has 0 aliphatic carbocycles. The highest BCUT2D eigenvalue weighted by Crippen LogP contribution is 2.13. The second kappa shape index (κ2) is 5.49. The number of hydrogen-bond acceptors (Lipinski definition) is 4. The van der Waals surface area contributed by atoms with Crippen molar-refractivity contribution in [3.63, 3.8) is 0 Å². The lowest BCUT2D eigenvalue weighted by atomic mass is 10.2. The Kier molecular flexibility index (Phi) is 3.76. The first-order chi connectivity index (χ1) is 9.10. The molecule has 100 valence electrons. The maximum absolute atomic E-state index is 11.5. The minimum absolute atomic E-state index is 0.125. The lowest BCUT2D eigenvalue weighted by Gasteiger charge is -2.06. The highest BCUT2D eigenvalue weighted by Gasteiger charge is 2.04. The van der Waals surface area contributed by atoms with Crippen molar-refractivity contribution in [1.29, 1.82) is 0 Å². The van der Waals surface area contributed by atoms with E-state index < -0.39 is 11.1 Å². The van der Waals surface area contributed by atoms with Crippen molar-refractivity contribution in [2.45, 2.75) is 6.42 Å². The second-order valence-electron chi connectivity index (χ2n) is 4.07. The standard InChI is InChI=1S/C12H14N4O3/c1-13-5-4-10(17)14-7-2-3-8-9(6-7)16-12(19)11(18)15-8/h2-3,6,13H,4-5H2,1H3,(H,14,17)(H,15,18)(H,16,19). The molecular weight excluding hydrogens is 248 g/mol. The lowest BCUT2D eigenvalue weighted by molar-refractivity contribution is -0.116. The van der Waals surface area contributed by atoms with Gasteiger partial charge in [-0.2, -0.15) is 0 Å². The van der Waals surface area contributed by atoms with E-state index in [2.05, 4.69) is 20.6 Å². The normalized spacial score (nSPS) is 10.6. The number of amides is 1. The van der Waals surface area contributed by atoms with Crippen LogP contribution in [0.3, 0.4) is 0 Å². The minimum atomic E-state index is -0.717. The van der Waals surface area contributed by atoms with E-state index in [4.69, 9.17) is 0 Å². The number of fused-ring (bicyclic) bond motifs is 1. The van der Waals surface area contributed by atoms with E-state index in [9.17, 15) is 14.4 Å². The highest BCUT2D eigenvalue weighted by atomic mass is 16.2. The Bertz CT molecular complexity index is 717. The van der Waals surface area contributed by atoms with Gasteiger partial charge in [0.1, 0.15) is 0 Å².